The van der Waals surface area contributed by atoms with Gasteiger partial charge in [-0.25, -0.2) is 5.10 Å². The molecule has 0 aromatic carbocycles. The molecule has 1 saturated heterocycles. The van der Waals surface area contributed by atoms with Gasteiger partial charge in [0.05, 0.1) is 0 Å². The monoisotopic (exact) mass is 213 g/mol. The van der Waals surface area contributed by atoms with Crippen LogP contribution in [0.1, 0.15) is 6.42 Å². The van der Waals surface area contributed by atoms with E-state index in [9.17, 15) is 9.59 Å². The first-order valence-electron chi connectivity index (χ1n) is 3.83. The number of anilines is 1. The third-order valence-electron chi connectivity index (χ3n) is 1.66. The summed E-state index contributed by atoms with van der Waals surface area (Å²) in [6, 6.07) is 0. The molecule has 1 fully saturated rings. The maximum Gasteiger partial charge on any atom is 0.240 e. The molecule has 0 bridgehead atoms. The van der Waals surface area contributed by atoms with E-state index in [4.69, 9.17) is 5.73 Å². The molecule has 2 rings (SSSR count). The summed E-state index contributed by atoms with van der Waals surface area (Å²) in [6.07, 6.45) is 0.165. The maximum atomic E-state index is 11.1. The van der Waals surface area contributed by atoms with Crippen molar-refractivity contribution in [3.05, 3.63) is 0 Å². The first-order valence-corrected chi connectivity index (χ1v) is 4.71. The lowest BCUT2D eigenvalue weighted by Crippen LogP contribution is -2.23. The molecule has 1 aromatic heterocycles. The summed E-state index contributed by atoms with van der Waals surface area (Å²) in [7, 11) is 0. The van der Waals surface area contributed by atoms with E-state index in [0.717, 1.165) is 11.8 Å². The van der Waals surface area contributed by atoms with Gasteiger partial charge in [0.25, 0.3) is 0 Å². The molecule has 1 aliphatic heterocycles. The van der Waals surface area contributed by atoms with E-state index in [1.54, 1.807) is 0 Å². The van der Waals surface area contributed by atoms with E-state index in [1.165, 1.54) is 0 Å². The second-order valence-corrected chi connectivity index (χ2v) is 3.90. The molecule has 1 unspecified atom stereocenters. The fourth-order valence-corrected chi connectivity index (χ4v) is 1.97. The number of carbonyl (C=O) groups excluding carboxylic acids is 2. The molecule has 0 spiro atoms. The third-order valence-corrected chi connectivity index (χ3v) is 2.71. The van der Waals surface area contributed by atoms with E-state index in [0.29, 0.717) is 5.16 Å². The van der Waals surface area contributed by atoms with Crippen LogP contribution < -0.4 is 11.1 Å². The van der Waals surface area contributed by atoms with Crippen molar-refractivity contribution in [1.82, 2.24) is 20.5 Å². The second-order valence-electron chi connectivity index (χ2n) is 2.73. The fraction of sp³-hybridized carbons (Fsp3) is 0.333. The highest BCUT2D eigenvalue weighted by Gasteiger charge is 2.32. The van der Waals surface area contributed by atoms with Gasteiger partial charge in [-0.3, -0.25) is 14.9 Å². The molecular formula is C6H7N5O2S. The number of nitrogens with one attached hydrogen (secondary N) is 2. The summed E-state index contributed by atoms with van der Waals surface area (Å²) >= 11 is 1.12. The first kappa shape index (κ1) is 9.00. The Balaban J connectivity index is 2.05. The molecule has 74 valence electrons. The number of H-pyrrole nitrogens is 1. The number of aromatic amines is 1. The molecule has 0 aliphatic carbocycles. The summed E-state index contributed by atoms with van der Waals surface area (Å²) in [5, 5.41) is 8.32. The van der Waals surface area contributed by atoms with Gasteiger partial charge in [0.1, 0.15) is 5.25 Å². The Bertz CT molecular complexity index is 389. The molecule has 2 heterocycles. The SMILES string of the molecule is Nc1nc(SC2CC(=O)NC2=O)n[nH]1. The van der Waals surface area contributed by atoms with Crippen LogP contribution in [0.5, 0.6) is 0 Å². The van der Waals surface area contributed by atoms with Crippen LogP contribution in [0.15, 0.2) is 5.16 Å². The van der Waals surface area contributed by atoms with Crippen LogP contribution in [0.25, 0.3) is 0 Å². The highest BCUT2D eigenvalue weighted by atomic mass is 32.2. The molecule has 8 heteroatoms. The van der Waals surface area contributed by atoms with E-state index in [2.05, 4.69) is 20.5 Å². The largest absolute Gasteiger partial charge is 0.368 e. The second kappa shape index (κ2) is 3.29. The van der Waals surface area contributed by atoms with Crippen LogP contribution in [-0.2, 0) is 9.59 Å². The topological polar surface area (TPSA) is 114 Å². The molecule has 1 aromatic rings. The van der Waals surface area contributed by atoms with E-state index in [-0.39, 0.29) is 24.2 Å². The summed E-state index contributed by atoms with van der Waals surface area (Å²) in [4.78, 5) is 25.8. The van der Waals surface area contributed by atoms with Crippen LogP contribution >= 0.6 is 11.8 Å². The number of imide groups is 1. The van der Waals surface area contributed by atoms with Gasteiger partial charge < -0.3 is 5.73 Å². The van der Waals surface area contributed by atoms with Gasteiger partial charge in [0.2, 0.25) is 22.9 Å². The van der Waals surface area contributed by atoms with Crippen molar-refractivity contribution in [1.29, 1.82) is 0 Å². The molecule has 7 nitrogen and oxygen atoms in total. The predicted octanol–water partition coefficient (Wildman–Crippen LogP) is -1.11. The Kier molecular flexibility index (Phi) is 2.12. The number of rotatable bonds is 2. The van der Waals surface area contributed by atoms with Gasteiger partial charge in [-0.2, -0.15) is 4.98 Å². The van der Waals surface area contributed by atoms with Crippen molar-refractivity contribution >= 4 is 29.5 Å². The van der Waals surface area contributed by atoms with Gasteiger partial charge in [0.15, 0.2) is 0 Å². The van der Waals surface area contributed by atoms with Gasteiger partial charge in [-0.15, -0.1) is 5.10 Å². The zero-order chi connectivity index (χ0) is 10.1. The third kappa shape index (κ3) is 1.69. The lowest BCUT2D eigenvalue weighted by atomic mass is 10.4. The molecule has 2 amide bonds. The van der Waals surface area contributed by atoms with E-state index < -0.39 is 5.25 Å². The molecule has 14 heavy (non-hydrogen) atoms. The average Bonchev–Trinajstić information content (AvgIpc) is 2.61. The zero-order valence-electron chi connectivity index (χ0n) is 6.98. The number of nitrogens with two attached hydrogens (primary N) is 1. The lowest BCUT2D eigenvalue weighted by Gasteiger charge is -1.99. The van der Waals surface area contributed by atoms with E-state index in [1.807, 2.05) is 0 Å². The van der Waals surface area contributed by atoms with Crippen molar-refractivity contribution in [2.75, 3.05) is 5.73 Å². The number of hydrogen-bond acceptors (Lipinski definition) is 6. The number of carbonyl (C=O) groups is 2. The Morgan fingerprint density at radius 3 is 2.79 bits per heavy atom. The molecule has 1 aliphatic rings. The van der Waals surface area contributed by atoms with Crippen LogP contribution in [0.2, 0.25) is 0 Å². The van der Waals surface area contributed by atoms with Crippen LogP contribution in [0.4, 0.5) is 5.95 Å². The quantitative estimate of drug-likeness (QED) is 0.537. The smallest absolute Gasteiger partial charge is 0.240 e. The average molecular weight is 213 g/mol. The zero-order valence-corrected chi connectivity index (χ0v) is 7.80. The summed E-state index contributed by atoms with van der Waals surface area (Å²) in [5.41, 5.74) is 5.30. The molecule has 4 N–H and O–H groups in total. The van der Waals surface area contributed by atoms with Gasteiger partial charge in [0, 0.05) is 6.42 Å². The standard InChI is InChI=1S/C6H7N5O2S/c7-5-9-6(11-10-5)14-2-1-3(12)8-4(2)13/h2H,1H2,(H,8,12,13)(H3,7,9,10,11). The highest BCUT2D eigenvalue weighted by molar-refractivity contribution is 8.00. The minimum absolute atomic E-state index is 0.165. The minimum Gasteiger partial charge on any atom is -0.368 e. The highest BCUT2D eigenvalue weighted by Crippen LogP contribution is 2.25. The number of nitrogens with zero attached hydrogens (tertiary/aromatic N) is 2. The Morgan fingerprint density at radius 2 is 2.29 bits per heavy atom. The molecule has 0 saturated carbocycles. The Labute approximate surface area is 82.8 Å². The van der Waals surface area contributed by atoms with Crippen LogP contribution in [0.3, 0.4) is 0 Å². The molecule has 0 radical (unpaired) electrons. The van der Waals surface area contributed by atoms with Crippen LogP contribution in [0, 0.1) is 0 Å². The van der Waals surface area contributed by atoms with Crippen molar-refractivity contribution < 1.29 is 9.59 Å². The maximum absolute atomic E-state index is 11.1. The van der Waals surface area contributed by atoms with Crippen molar-refractivity contribution in [3.8, 4) is 0 Å². The number of nitrogen functional groups attached to an aromatic ring is 1. The number of aromatic nitrogens is 3. The van der Waals surface area contributed by atoms with Crippen molar-refractivity contribution in [3.63, 3.8) is 0 Å². The van der Waals surface area contributed by atoms with Crippen molar-refractivity contribution in [2.24, 2.45) is 0 Å². The lowest BCUT2D eigenvalue weighted by molar-refractivity contribution is -0.124. The minimum atomic E-state index is -0.447. The van der Waals surface area contributed by atoms with Crippen molar-refractivity contribution in [2.45, 2.75) is 16.8 Å². The normalized spacial score (nSPS) is 21.3. The number of thioether (sulfide) groups is 1. The van der Waals surface area contributed by atoms with Gasteiger partial charge in [-0.05, 0) is 0 Å². The molecule has 1 atom stereocenters. The fourth-order valence-electron chi connectivity index (χ4n) is 1.06. The van der Waals surface area contributed by atoms with Gasteiger partial charge >= 0.3 is 0 Å². The number of amides is 2. The summed E-state index contributed by atoms with van der Waals surface area (Å²) < 4.78 is 0. The predicted molar refractivity (Wildman–Crippen MR) is 48.2 cm³/mol. The molecular weight excluding hydrogens is 206 g/mol. The van der Waals surface area contributed by atoms with E-state index >= 15 is 0 Å². The Morgan fingerprint density at radius 1 is 1.50 bits per heavy atom. The number of hydrogen-bond donors (Lipinski definition) is 3. The first-order chi connectivity index (χ1) is 6.65. The Hall–Kier alpha value is -1.57. The van der Waals surface area contributed by atoms with Gasteiger partial charge in [-0.1, -0.05) is 11.8 Å². The summed E-state index contributed by atoms with van der Waals surface area (Å²) in [6.45, 7) is 0. The van der Waals surface area contributed by atoms with Crippen LogP contribution in [-0.4, -0.2) is 32.2 Å². The summed E-state index contributed by atoms with van der Waals surface area (Å²) in [5.74, 6) is -0.378.